The topological polar surface area (TPSA) is 38.8 Å². The zero-order valence-corrected chi connectivity index (χ0v) is 13.0. The number of hydrogen-bond acceptors (Lipinski definition) is 3. The summed E-state index contributed by atoms with van der Waals surface area (Å²) >= 11 is 11.7. The Kier molecular flexibility index (Phi) is 5.00. The summed E-state index contributed by atoms with van der Waals surface area (Å²) in [5, 5.41) is 0. The van der Waals surface area contributed by atoms with E-state index in [0.29, 0.717) is 23.9 Å². The summed E-state index contributed by atoms with van der Waals surface area (Å²) in [6.45, 7) is 0.616. The molecule has 1 aromatic rings. The first-order valence-electron chi connectivity index (χ1n) is 6.32. The van der Waals surface area contributed by atoms with Gasteiger partial charge in [-0.05, 0) is 29.7 Å². The standard InChI is InChI=1S/C14H17Cl2NO3/c1-19-12-5-9-3-4-17(14(18)8-16)11(7-15)10(9)6-13(12)20-2/h5-6,11H,3-4,7-8H2,1-2H3. The van der Waals surface area contributed by atoms with Gasteiger partial charge in [0, 0.05) is 12.4 Å². The Hall–Kier alpha value is -1.13. The predicted molar refractivity (Wildman–Crippen MR) is 79.1 cm³/mol. The molecule has 0 spiro atoms. The number of carbonyl (C=O) groups is 1. The van der Waals surface area contributed by atoms with Crippen molar-refractivity contribution in [3.05, 3.63) is 23.3 Å². The maximum atomic E-state index is 11.9. The molecule has 0 saturated heterocycles. The number of amides is 1. The fourth-order valence-electron chi connectivity index (χ4n) is 2.57. The van der Waals surface area contributed by atoms with E-state index in [1.807, 2.05) is 12.1 Å². The molecular weight excluding hydrogens is 301 g/mol. The van der Waals surface area contributed by atoms with Gasteiger partial charge in [-0.3, -0.25) is 4.79 Å². The van der Waals surface area contributed by atoms with Crippen LogP contribution in [0.4, 0.5) is 0 Å². The van der Waals surface area contributed by atoms with Crippen LogP contribution in [0, 0.1) is 0 Å². The fraction of sp³-hybridized carbons (Fsp3) is 0.500. The van der Waals surface area contributed by atoms with Gasteiger partial charge < -0.3 is 14.4 Å². The molecule has 1 aromatic carbocycles. The van der Waals surface area contributed by atoms with Gasteiger partial charge in [0.05, 0.1) is 20.3 Å². The van der Waals surface area contributed by atoms with Crippen LogP contribution in [0.5, 0.6) is 11.5 Å². The van der Waals surface area contributed by atoms with Gasteiger partial charge in [-0.1, -0.05) is 0 Å². The quantitative estimate of drug-likeness (QED) is 0.801. The molecular formula is C14H17Cl2NO3. The summed E-state index contributed by atoms with van der Waals surface area (Å²) in [6, 6.07) is 3.68. The minimum absolute atomic E-state index is 0.0317. The molecule has 20 heavy (non-hydrogen) atoms. The van der Waals surface area contributed by atoms with E-state index in [4.69, 9.17) is 32.7 Å². The van der Waals surface area contributed by atoms with Gasteiger partial charge in [0.1, 0.15) is 5.88 Å². The Balaban J connectivity index is 2.45. The number of carbonyl (C=O) groups excluding carboxylic acids is 1. The van der Waals surface area contributed by atoms with Crippen LogP contribution in [0.1, 0.15) is 17.2 Å². The number of methoxy groups -OCH3 is 2. The maximum Gasteiger partial charge on any atom is 0.238 e. The normalized spacial score (nSPS) is 17.6. The SMILES string of the molecule is COc1cc2c(cc1OC)C(CCl)N(C(=O)CCl)CC2. The first kappa shape index (κ1) is 15.3. The molecule has 1 unspecified atom stereocenters. The Morgan fingerprint density at radius 2 is 1.95 bits per heavy atom. The second kappa shape index (κ2) is 6.55. The van der Waals surface area contributed by atoms with Gasteiger partial charge in [-0.2, -0.15) is 0 Å². The second-order valence-electron chi connectivity index (χ2n) is 4.55. The molecule has 1 atom stereocenters. The van der Waals surface area contributed by atoms with Crippen LogP contribution in [0.3, 0.4) is 0 Å². The molecule has 4 nitrogen and oxygen atoms in total. The Bertz CT molecular complexity index is 507. The smallest absolute Gasteiger partial charge is 0.238 e. The summed E-state index contributed by atoms with van der Waals surface area (Å²) in [6.07, 6.45) is 0.756. The first-order valence-corrected chi connectivity index (χ1v) is 7.39. The summed E-state index contributed by atoms with van der Waals surface area (Å²) in [5.74, 6) is 1.53. The van der Waals surface area contributed by atoms with Crippen LogP contribution < -0.4 is 9.47 Å². The molecule has 0 bridgehead atoms. The summed E-state index contributed by atoms with van der Waals surface area (Å²) in [4.78, 5) is 13.6. The third kappa shape index (κ3) is 2.67. The van der Waals surface area contributed by atoms with Gasteiger partial charge in [0.2, 0.25) is 5.91 Å². The highest BCUT2D eigenvalue weighted by molar-refractivity contribution is 6.27. The summed E-state index contributed by atoms with van der Waals surface area (Å²) in [5.41, 5.74) is 2.13. The van der Waals surface area contributed by atoms with Crippen molar-refractivity contribution in [2.75, 3.05) is 32.5 Å². The Labute approximate surface area is 128 Å². The number of nitrogens with zero attached hydrogens (tertiary/aromatic N) is 1. The minimum Gasteiger partial charge on any atom is -0.493 e. The molecule has 110 valence electrons. The van der Waals surface area contributed by atoms with E-state index in [1.165, 1.54) is 0 Å². The van der Waals surface area contributed by atoms with Gasteiger partial charge in [-0.25, -0.2) is 0 Å². The highest BCUT2D eigenvalue weighted by atomic mass is 35.5. The van der Waals surface area contributed by atoms with Crippen molar-refractivity contribution in [2.24, 2.45) is 0 Å². The molecule has 6 heteroatoms. The molecule has 0 saturated carbocycles. The average Bonchev–Trinajstić information content (AvgIpc) is 2.51. The first-order chi connectivity index (χ1) is 9.65. The minimum atomic E-state index is -0.175. The van der Waals surface area contributed by atoms with Crippen LogP contribution in [-0.4, -0.2) is 43.3 Å². The van der Waals surface area contributed by atoms with Gasteiger partial charge in [-0.15, -0.1) is 23.2 Å². The lowest BCUT2D eigenvalue weighted by Crippen LogP contribution is -2.41. The zero-order chi connectivity index (χ0) is 14.7. The van der Waals surface area contributed by atoms with E-state index in [1.54, 1.807) is 19.1 Å². The molecule has 1 heterocycles. The molecule has 1 aliphatic heterocycles. The predicted octanol–water partition coefficient (Wildman–Crippen LogP) is 2.61. The molecule has 0 fully saturated rings. The number of halogens is 2. The fourth-order valence-corrected chi connectivity index (χ4v) is 3.06. The van der Waals surface area contributed by atoms with Crippen LogP contribution in [0.25, 0.3) is 0 Å². The van der Waals surface area contributed by atoms with Crippen molar-refractivity contribution >= 4 is 29.1 Å². The maximum absolute atomic E-state index is 11.9. The largest absolute Gasteiger partial charge is 0.493 e. The van der Waals surface area contributed by atoms with Crippen LogP contribution >= 0.6 is 23.2 Å². The van der Waals surface area contributed by atoms with E-state index >= 15 is 0 Å². The summed E-state index contributed by atoms with van der Waals surface area (Å²) in [7, 11) is 3.19. The molecule has 1 amide bonds. The van der Waals surface area contributed by atoms with Crippen LogP contribution in [0.2, 0.25) is 0 Å². The van der Waals surface area contributed by atoms with E-state index in [2.05, 4.69) is 0 Å². The summed E-state index contributed by atoms with van der Waals surface area (Å²) < 4.78 is 10.6. The van der Waals surface area contributed by atoms with Crippen molar-refractivity contribution in [1.82, 2.24) is 4.90 Å². The van der Waals surface area contributed by atoms with E-state index in [-0.39, 0.29) is 17.8 Å². The van der Waals surface area contributed by atoms with Gasteiger partial charge in [0.15, 0.2) is 11.5 Å². The molecule has 0 N–H and O–H groups in total. The Morgan fingerprint density at radius 3 is 2.50 bits per heavy atom. The number of rotatable bonds is 4. The van der Waals surface area contributed by atoms with E-state index in [0.717, 1.165) is 17.5 Å². The molecule has 0 radical (unpaired) electrons. The lowest BCUT2D eigenvalue weighted by atomic mass is 9.92. The lowest BCUT2D eigenvalue weighted by Gasteiger charge is -2.36. The van der Waals surface area contributed by atoms with Crippen molar-refractivity contribution in [3.8, 4) is 11.5 Å². The van der Waals surface area contributed by atoms with Crippen molar-refractivity contribution < 1.29 is 14.3 Å². The van der Waals surface area contributed by atoms with E-state index < -0.39 is 0 Å². The third-order valence-corrected chi connectivity index (χ3v) is 4.10. The number of fused-ring (bicyclic) bond motifs is 1. The Morgan fingerprint density at radius 1 is 1.30 bits per heavy atom. The van der Waals surface area contributed by atoms with Crippen molar-refractivity contribution in [2.45, 2.75) is 12.5 Å². The van der Waals surface area contributed by atoms with Gasteiger partial charge >= 0.3 is 0 Å². The number of hydrogen-bond donors (Lipinski definition) is 0. The molecule has 2 rings (SSSR count). The van der Waals surface area contributed by atoms with Crippen LogP contribution in [0.15, 0.2) is 12.1 Å². The second-order valence-corrected chi connectivity index (χ2v) is 5.12. The number of benzene rings is 1. The highest BCUT2D eigenvalue weighted by Crippen LogP contribution is 2.38. The molecule has 0 aromatic heterocycles. The lowest BCUT2D eigenvalue weighted by molar-refractivity contribution is -0.130. The monoisotopic (exact) mass is 317 g/mol. The number of alkyl halides is 2. The van der Waals surface area contributed by atoms with E-state index in [9.17, 15) is 4.79 Å². The van der Waals surface area contributed by atoms with Crippen molar-refractivity contribution in [1.29, 1.82) is 0 Å². The van der Waals surface area contributed by atoms with Crippen LogP contribution in [-0.2, 0) is 11.2 Å². The third-order valence-electron chi connectivity index (χ3n) is 3.58. The number of ether oxygens (including phenoxy) is 2. The molecule has 0 aliphatic carbocycles. The van der Waals surface area contributed by atoms with Crippen molar-refractivity contribution in [3.63, 3.8) is 0 Å². The average molecular weight is 318 g/mol. The zero-order valence-electron chi connectivity index (χ0n) is 11.5. The van der Waals surface area contributed by atoms with Gasteiger partial charge in [0.25, 0.3) is 0 Å². The molecule has 1 aliphatic rings. The highest BCUT2D eigenvalue weighted by Gasteiger charge is 2.31.